The molecule has 12 nitrogen and oxygen atoms in total. The fourth-order valence-electron chi connectivity index (χ4n) is 2.25. The molecule has 162 valence electrons. The van der Waals surface area contributed by atoms with Crippen LogP contribution >= 0.6 is 11.6 Å². The molecule has 0 aliphatic heterocycles. The Kier molecular flexibility index (Phi) is 7.58. The summed E-state index contributed by atoms with van der Waals surface area (Å²) in [5, 5.41) is 26.0. The first-order valence-electron chi connectivity index (χ1n) is 8.55. The number of nitro benzene ring substituents is 2. The number of nitro groups is 2. The largest absolute Gasteiger partial charge is 0.451 e. The Hall–Kier alpha value is -4.06. The first kappa shape index (κ1) is 23.2. The molecule has 0 aromatic heterocycles. The lowest BCUT2D eigenvalue weighted by atomic mass is 10.2. The normalized spacial score (nSPS) is 11.2. The van der Waals surface area contributed by atoms with Crippen molar-refractivity contribution in [3.05, 3.63) is 73.3 Å². The number of anilines is 1. The average molecular weight is 451 g/mol. The van der Waals surface area contributed by atoms with E-state index < -0.39 is 46.0 Å². The highest BCUT2D eigenvalue weighted by molar-refractivity contribution is 6.32. The zero-order valence-electron chi connectivity index (χ0n) is 15.9. The minimum absolute atomic E-state index is 0.0899. The van der Waals surface area contributed by atoms with Crippen LogP contribution in [0.15, 0.2) is 42.5 Å². The predicted molar refractivity (Wildman–Crippen MR) is 108 cm³/mol. The summed E-state index contributed by atoms with van der Waals surface area (Å²) in [7, 11) is 0. The van der Waals surface area contributed by atoms with Crippen molar-refractivity contribution in [1.82, 2.24) is 5.32 Å². The number of esters is 1. The Morgan fingerprint density at radius 3 is 2.29 bits per heavy atom. The van der Waals surface area contributed by atoms with Crippen LogP contribution in [0.4, 0.5) is 17.1 Å². The van der Waals surface area contributed by atoms with Crippen LogP contribution in [0, 0.1) is 20.2 Å². The van der Waals surface area contributed by atoms with E-state index in [1.165, 1.54) is 43.3 Å². The number of amides is 2. The van der Waals surface area contributed by atoms with Crippen molar-refractivity contribution in [2.75, 3.05) is 11.9 Å². The summed E-state index contributed by atoms with van der Waals surface area (Å²) in [6.07, 6.45) is -1.23. The van der Waals surface area contributed by atoms with Gasteiger partial charge < -0.3 is 15.4 Å². The van der Waals surface area contributed by atoms with Gasteiger partial charge in [-0.05, 0) is 31.2 Å². The van der Waals surface area contributed by atoms with E-state index in [-0.39, 0.29) is 22.0 Å². The Morgan fingerprint density at radius 2 is 1.71 bits per heavy atom. The summed E-state index contributed by atoms with van der Waals surface area (Å²) in [6.45, 7) is 0.702. The van der Waals surface area contributed by atoms with E-state index in [4.69, 9.17) is 16.3 Å². The van der Waals surface area contributed by atoms with E-state index >= 15 is 0 Å². The lowest BCUT2D eigenvalue weighted by Gasteiger charge is -2.14. The van der Waals surface area contributed by atoms with Crippen molar-refractivity contribution in [2.45, 2.75) is 13.0 Å². The number of nitrogens with zero attached hydrogens (tertiary/aromatic N) is 2. The highest BCUT2D eigenvalue weighted by Gasteiger charge is 2.20. The minimum Gasteiger partial charge on any atom is -0.451 e. The van der Waals surface area contributed by atoms with Gasteiger partial charge in [-0.3, -0.25) is 34.6 Å². The van der Waals surface area contributed by atoms with E-state index in [2.05, 4.69) is 10.6 Å². The highest BCUT2D eigenvalue weighted by Crippen LogP contribution is 2.25. The maximum atomic E-state index is 12.1. The smallest absolute Gasteiger partial charge is 0.326 e. The van der Waals surface area contributed by atoms with Crippen molar-refractivity contribution < 1.29 is 29.0 Å². The summed E-state index contributed by atoms with van der Waals surface area (Å²) in [4.78, 5) is 56.2. The summed E-state index contributed by atoms with van der Waals surface area (Å²) >= 11 is 5.67. The van der Waals surface area contributed by atoms with E-state index in [1.54, 1.807) is 0 Å². The topological polar surface area (TPSA) is 171 Å². The Morgan fingerprint density at radius 1 is 1.06 bits per heavy atom. The predicted octanol–water partition coefficient (Wildman–Crippen LogP) is 2.46. The molecule has 0 aliphatic carbocycles. The number of hydrogen-bond donors (Lipinski definition) is 2. The first-order chi connectivity index (χ1) is 14.6. The van der Waals surface area contributed by atoms with Crippen molar-refractivity contribution >= 4 is 46.4 Å². The Bertz CT molecular complexity index is 1040. The number of hydrogen-bond acceptors (Lipinski definition) is 8. The summed E-state index contributed by atoms with van der Waals surface area (Å²) < 4.78 is 4.91. The SMILES string of the molecule is CC(OC(=O)CNC(=O)c1ccc(Cl)c([N+](=O)[O-])c1)C(=O)Nc1ccc([N+](=O)[O-])cc1. The van der Waals surface area contributed by atoms with Crippen molar-refractivity contribution in [3.63, 3.8) is 0 Å². The number of rotatable bonds is 8. The van der Waals surface area contributed by atoms with E-state index in [0.717, 1.165) is 6.07 Å². The molecule has 2 N–H and O–H groups in total. The molecule has 2 rings (SSSR count). The van der Waals surface area contributed by atoms with Gasteiger partial charge in [-0.25, -0.2) is 0 Å². The van der Waals surface area contributed by atoms with Crippen molar-refractivity contribution in [1.29, 1.82) is 0 Å². The molecule has 13 heteroatoms. The zero-order chi connectivity index (χ0) is 23.1. The molecule has 0 spiro atoms. The van der Waals surface area contributed by atoms with Crippen LogP contribution in [0.25, 0.3) is 0 Å². The molecule has 2 aromatic rings. The molecule has 0 fully saturated rings. The molecule has 2 aromatic carbocycles. The summed E-state index contributed by atoms with van der Waals surface area (Å²) in [5.41, 5.74) is -0.448. The monoisotopic (exact) mass is 450 g/mol. The van der Waals surface area contributed by atoms with Gasteiger partial charge in [-0.1, -0.05) is 11.6 Å². The van der Waals surface area contributed by atoms with Gasteiger partial charge in [0.2, 0.25) is 0 Å². The average Bonchev–Trinajstić information content (AvgIpc) is 2.72. The third-order valence-corrected chi connectivity index (χ3v) is 4.14. The third-order valence-electron chi connectivity index (χ3n) is 3.82. The molecular weight excluding hydrogens is 436 g/mol. The van der Waals surface area contributed by atoms with Crippen LogP contribution in [-0.4, -0.2) is 40.3 Å². The minimum atomic E-state index is -1.23. The third kappa shape index (κ3) is 6.47. The second-order valence-electron chi connectivity index (χ2n) is 6.03. The maximum Gasteiger partial charge on any atom is 0.326 e. The van der Waals surface area contributed by atoms with E-state index in [9.17, 15) is 34.6 Å². The molecule has 0 radical (unpaired) electrons. The lowest BCUT2D eigenvalue weighted by Crippen LogP contribution is -2.35. The van der Waals surface area contributed by atoms with Crippen LogP contribution in [0.1, 0.15) is 17.3 Å². The van der Waals surface area contributed by atoms with Gasteiger partial charge in [-0.2, -0.15) is 0 Å². The molecule has 0 bridgehead atoms. The number of benzene rings is 2. The Balaban J connectivity index is 1.86. The second kappa shape index (κ2) is 10.1. The van der Waals surface area contributed by atoms with Crippen LogP contribution < -0.4 is 10.6 Å². The molecule has 0 saturated heterocycles. The molecule has 0 aliphatic rings. The first-order valence-corrected chi connectivity index (χ1v) is 8.93. The number of nitrogens with one attached hydrogen (secondary N) is 2. The van der Waals surface area contributed by atoms with Crippen molar-refractivity contribution in [2.24, 2.45) is 0 Å². The van der Waals surface area contributed by atoms with Gasteiger partial charge in [0.25, 0.3) is 23.2 Å². The summed E-state index contributed by atoms with van der Waals surface area (Å²) in [5.74, 6) is -2.40. The fraction of sp³-hybridized carbons (Fsp3) is 0.167. The van der Waals surface area contributed by atoms with Crippen molar-refractivity contribution in [3.8, 4) is 0 Å². The number of carbonyl (C=O) groups is 3. The van der Waals surface area contributed by atoms with Gasteiger partial charge in [0.05, 0.1) is 9.85 Å². The van der Waals surface area contributed by atoms with Crippen LogP contribution in [0.3, 0.4) is 0 Å². The number of carbonyl (C=O) groups excluding carboxylic acids is 3. The standard InChI is InChI=1S/C18H15ClN4O8/c1-10(17(25)21-12-3-5-13(6-4-12)22(27)28)31-16(24)9-20-18(26)11-2-7-14(19)15(8-11)23(29)30/h2-8,10H,9H2,1H3,(H,20,26)(H,21,25). The van der Waals surface area contributed by atoms with Crippen LogP contribution in [0.5, 0.6) is 0 Å². The highest BCUT2D eigenvalue weighted by atomic mass is 35.5. The van der Waals surface area contributed by atoms with Gasteiger partial charge in [0.15, 0.2) is 6.10 Å². The molecule has 1 atom stereocenters. The zero-order valence-corrected chi connectivity index (χ0v) is 16.6. The maximum absolute atomic E-state index is 12.1. The van der Waals surface area contributed by atoms with Gasteiger partial charge >= 0.3 is 5.97 Å². The molecule has 0 heterocycles. The fourth-order valence-corrected chi connectivity index (χ4v) is 2.44. The van der Waals surface area contributed by atoms with Gasteiger partial charge in [0, 0.05) is 29.4 Å². The van der Waals surface area contributed by atoms with Crippen LogP contribution in [0.2, 0.25) is 5.02 Å². The molecular formula is C18H15ClN4O8. The lowest BCUT2D eigenvalue weighted by molar-refractivity contribution is -0.385. The van der Waals surface area contributed by atoms with Gasteiger partial charge in [0.1, 0.15) is 11.6 Å². The number of halogens is 1. The van der Waals surface area contributed by atoms with Gasteiger partial charge in [-0.15, -0.1) is 0 Å². The van der Waals surface area contributed by atoms with Crippen LogP contribution in [-0.2, 0) is 14.3 Å². The molecule has 2 amide bonds. The molecule has 31 heavy (non-hydrogen) atoms. The van der Waals surface area contributed by atoms with E-state index in [0.29, 0.717) is 0 Å². The molecule has 0 saturated carbocycles. The second-order valence-corrected chi connectivity index (χ2v) is 6.44. The number of ether oxygens (including phenoxy) is 1. The Labute approximate surface area is 179 Å². The summed E-state index contributed by atoms with van der Waals surface area (Å²) in [6, 6.07) is 8.41. The molecule has 1 unspecified atom stereocenters. The number of non-ortho nitro benzene ring substituents is 1. The van der Waals surface area contributed by atoms with E-state index in [1.807, 2.05) is 0 Å². The quantitative estimate of drug-likeness (QED) is 0.350.